The first-order valence-electron chi connectivity index (χ1n) is 8.81. The molecule has 1 aliphatic carbocycles. The van der Waals surface area contributed by atoms with E-state index in [-0.39, 0.29) is 41.2 Å². The third kappa shape index (κ3) is 6.35. The van der Waals surface area contributed by atoms with Crippen LogP contribution in [0.4, 0.5) is 5.82 Å². The molecule has 7 nitrogen and oxygen atoms in total. The number of anilines is 1. The van der Waals surface area contributed by atoms with Crippen LogP contribution in [0, 0.1) is 5.41 Å². The lowest BCUT2D eigenvalue weighted by molar-refractivity contribution is 0.525. The number of aromatic nitrogens is 1. The van der Waals surface area contributed by atoms with Crippen molar-refractivity contribution in [1.29, 1.82) is 0 Å². The molecule has 1 unspecified atom stereocenters. The fraction of sp³-hybridized carbons (Fsp3) is 0.647. The standard InChI is InChI=1S/C17H26ClN5O2S.HI/c1-19-16(21-11-17(6-7-17)12-26(2,24)25)22-13-5-9-23(10-13)15-14(18)4-3-8-20-15;/h3-4,8,13H,5-7,9-12H2,1-2H3,(H2,19,21,22);1H. The molecule has 1 aromatic rings. The monoisotopic (exact) mass is 527 g/mol. The van der Waals surface area contributed by atoms with E-state index in [1.54, 1.807) is 13.2 Å². The summed E-state index contributed by atoms with van der Waals surface area (Å²) >= 11 is 6.23. The van der Waals surface area contributed by atoms with Gasteiger partial charge in [0, 0.05) is 50.6 Å². The zero-order chi connectivity index (χ0) is 18.8. The average Bonchev–Trinajstić information content (AvgIpc) is 3.16. The molecule has 10 heteroatoms. The Bertz CT molecular complexity index is 785. The van der Waals surface area contributed by atoms with Gasteiger partial charge in [-0.05, 0) is 31.4 Å². The minimum Gasteiger partial charge on any atom is -0.356 e. The zero-order valence-electron chi connectivity index (χ0n) is 15.6. The first kappa shape index (κ1) is 22.5. The summed E-state index contributed by atoms with van der Waals surface area (Å²) in [6.45, 7) is 2.30. The largest absolute Gasteiger partial charge is 0.356 e. The Morgan fingerprint density at radius 3 is 2.81 bits per heavy atom. The van der Waals surface area contributed by atoms with Gasteiger partial charge in [0.1, 0.15) is 15.7 Å². The molecule has 3 rings (SSSR count). The number of hydrogen-bond donors (Lipinski definition) is 2. The summed E-state index contributed by atoms with van der Waals surface area (Å²) < 4.78 is 23.2. The van der Waals surface area contributed by atoms with Crippen LogP contribution in [-0.2, 0) is 9.84 Å². The average molecular weight is 528 g/mol. The van der Waals surface area contributed by atoms with Gasteiger partial charge in [-0.2, -0.15) is 0 Å². The van der Waals surface area contributed by atoms with Crippen molar-refractivity contribution in [2.24, 2.45) is 10.4 Å². The van der Waals surface area contributed by atoms with Crippen molar-refractivity contribution in [2.75, 3.05) is 43.6 Å². The molecule has 1 atom stereocenters. The number of nitrogens with zero attached hydrogens (tertiary/aromatic N) is 3. The maximum absolute atomic E-state index is 11.6. The van der Waals surface area contributed by atoms with Crippen molar-refractivity contribution in [2.45, 2.75) is 25.3 Å². The number of aliphatic imine (C=N–C) groups is 1. The lowest BCUT2D eigenvalue weighted by Gasteiger charge is -2.22. The van der Waals surface area contributed by atoms with Crippen LogP contribution in [0.3, 0.4) is 0 Å². The Kier molecular flexibility index (Phi) is 7.60. The Labute approximate surface area is 183 Å². The highest BCUT2D eigenvalue weighted by molar-refractivity contribution is 14.0. The van der Waals surface area contributed by atoms with Gasteiger partial charge < -0.3 is 15.5 Å². The molecule has 1 aliphatic heterocycles. The summed E-state index contributed by atoms with van der Waals surface area (Å²) in [6.07, 6.45) is 5.90. The number of rotatable bonds is 6. The molecular weight excluding hydrogens is 501 g/mol. The van der Waals surface area contributed by atoms with E-state index in [4.69, 9.17) is 11.6 Å². The smallest absolute Gasteiger partial charge is 0.191 e. The lowest BCUT2D eigenvalue weighted by Crippen LogP contribution is -2.46. The third-order valence-corrected chi connectivity index (χ3v) is 6.38. The van der Waals surface area contributed by atoms with Crippen LogP contribution in [0.1, 0.15) is 19.3 Å². The molecule has 152 valence electrons. The van der Waals surface area contributed by atoms with Crippen LogP contribution >= 0.6 is 35.6 Å². The number of pyridine rings is 1. The topological polar surface area (TPSA) is 86.7 Å². The van der Waals surface area contributed by atoms with Crippen LogP contribution in [0.5, 0.6) is 0 Å². The van der Waals surface area contributed by atoms with Gasteiger partial charge in [-0.3, -0.25) is 4.99 Å². The lowest BCUT2D eigenvalue weighted by atomic mass is 10.1. The second kappa shape index (κ2) is 9.13. The van der Waals surface area contributed by atoms with E-state index in [2.05, 4.69) is 25.5 Å². The Balaban J connectivity index is 0.00000261. The van der Waals surface area contributed by atoms with E-state index in [0.29, 0.717) is 17.5 Å². The van der Waals surface area contributed by atoms with E-state index < -0.39 is 9.84 Å². The Hall–Kier alpha value is -0.810. The molecule has 2 fully saturated rings. The molecule has 0 spiro atoms. The molecule has 0 amide bonds. The SMILES string of the molecule is CN=C(NCC1(CS(C)(=O)=O)CC1)NC1CCN(c2ncccc2Cl)C1.I. The van der Waals surface area contributed by atoms with Gasteiger partial charge in [0.15, 0.2) is 5.96 Å². The highest BCUT2D eigenvalue weighted by atomic mass is 127. The maximum Gasteiger partial charge on any atom is 0.191 e. The highest BCUT2D eigenvalue weighted by Gasteiger charge is 2.45. The highest BCUT2D eigenvalue weighted by Crippen LogP contribution is 2.46. The van der Waals surface area contributed by atoms with Crippen LogP contribution in [-0.4, -0.2) is 64.1 Å². The third-order valence-electron chi connectivity index (χ3n) is 4.95. The number of nitrogens with one attached hydrogen (secondary N) is 2. The number of halogens is 2. The number of hydrogen-bond acceptors (Lipinski definition) is 5. The number of sulfone groups is 1. The van der Waals surface area contributed by atoms with Crippen molar-refractivity contribution in [1.82, 2.24) is 15.6 Å². The van der Waals surface area contributed by atoms with Crippen LogP contribution < -0.4 is 15.5 Å². The molecule has 2 N–H and O–H groups in total. The van der Waals surface area contributed by atoms with E-state index in [1.807, 2.05) is 12.1 Å². The summed E-state index contributed by atoms with van der Waals surface area (Å²) in [4.78, 5) is 10.8. The molecule has 0 bridgehead atoms. The van der Waals surface area contributed by atoms with Gasteiger partial charge in [-0.25, -0.2) is 13.4 Å². The molecule has 1 saturated heterocycles. The maximum atomic E-state index is 11.6. The van der Waals surface area contributed by atoms with E-state index in [0.717, 1.165) is 38.2 Å². The second-order valence-electron chi connectivity index (χ2n) is 7.38. The quantitative estimate of drug-likeness (QED) is 0.334. The normalized spacial score (nSPS) is 21.5. The van der Waals surface area contributed by atoms with E-state index >= 15 is 0 Å². The zero-order valence-corrected chi connectivity index (χ0v) is 19.5. The van der Waals surface area contributed by atoms with Crippen molar-refractivity contribution >= 4 is 57.2 Å². The number of guanidine groups is 1. The molecular formula is C17H27ClIN5O2S. The predicted octanol–water partition coefficient (Wildman–Crippen LogP) is 1.92. The summed E-state index contributed by atoms with van der Waals surface area (Å²) in [5.41, 5.74) is -0.131. The fourth-order valence-corrected chi connectivity index (χ4v) is 5.19. The summed E-state index contributed by atoms with van der Waals surface area (Å²) in [5.74, 6) is 1.76. The minimum absolute atomic E-state index is 0. The van der Waals surface area contributed by atoms with Crippen LogP contribution in [0.15, 0.2) is 23.3 Å². The van der Waals surface area contributed by atoms with Crippen molar-refractivity contribution < 1.29 is 8.42 Å². The van der Waals surface area contributed by atoms with Crippen molar-refractivity contribution in [3.8, 4) is 0 Å². The summed E-state index contributed by atoms with van der Waals surface area (Å²) in [7, 11) is -1.23. The van der Waals surface area contributed by atoms with Gasteiger partial charge in [0.2, 0.25) is 0 Å². The molecule has 0 aromatic carbocycles. The molecule has 0 radical (unpaired) electrons. The minimum atomic E-state index is -2.96. The first-order valence-corrected chi connectivity index (χ1v) is 11.2. The fourth-order valence-electron chi connectivity index (χ4n) is 3.44. The summed E-state index contributed by atoms with van der Waals surface area (Å²) in [5, 5.41) is 7.39. The molecule has 2 aliphatic rings. The van der Waals surface area contributed by atoms with Gasteiger partial charge in [-0.1, -0.05) is 11.6 Å². The van der Waals surface area contributed by atoms with Crippen LogP contribution in [0.25, 0.3) is 0 Å². The molecule has 1 aromatic heterocycles. The Morgan fingerprint density at radius 2 is 2.22 bits per heavy atom. The van der Waals surface area contributed by atoms with Gasteiger partial charge >= 0.3 is 0 Å². The Morgan fingerprint density at radius 1 is 1.48 bits per heavy atom. The first-order chi connectivity index (χ1) is 12.3. The molecule has 1 saturated carbocycles. The predicted molar refractivity (Wildman–Crippen MR) is 121 cm³/mol. The molecule has 2 heterocycles. The van der Waals surface area contributed by atoms with Gasteiger partial charge in [0.05, 0.1) is 10.8 Å². The van der Waals surface area contributed by atoms with Crippen molar-refractivity contribution in [3.05, 3.63) is 23.4 Å². The van der Waals surface area contributed by atoms with E-state index in [9.17, 15) is 8.42 Å². The second-order valence-corrected chi connectivity index (χ2v) is 9.93. The van der Waals surface area contributed by atoms with E-state index in [1.165, 1.54) is 6.26 Å². The molecule has 27 heavy (non-hydrogen) atoms. The summed E-state index contributed by atoms with van der Waals surface area (Å²) in [6, 6.07) is 3.92. The van der Waals surface area contributed by atoms with Crippen molar-refractivity contribution in [3.63, 3.8) is 0 Å². The van der Waals surface area contributed by atoms with Gasteiger partial charge in [-0.15, -0.1) is 24.0 Å². The van der Waals surface area contributed by atoms with Crippen LogP contribution in [0.2, 0.25) is 5.02 Å². The van der Waals surface area contributed by atoms with Gasteiger partial charge in [0.25, 0.3) is 0 Å².